The topological polar surface area (TPSA) is 79.0 Å². The van der Waals surface area contributed by atoms with Gasteiger partial charge >= 0.3 is 0 Å². The third-order valence-corrected chi connectivity index (χ3v) is 3.74. The summed E-state index contributed by atoms with van der Waals surface area (Å²) in [6.45, 7) is 3.55. The molecule has 0 saturated heterocycles. The number of carbonyl (C=O) groups excluding carboxylic acids is 1. The summed E-state index contributed by atoms with van der Waals surface area (Å²) in [5.41, 5.74) is 2.33. The van der Waals surface area contributed by atoms with Crippen molar-refractivity contribution in [3.05, 3.63) is 47.0 Å². The third-order valence-electron chi connectivity index (χ3n) is 3.74. The monoisotopic (exact) mass is 318 g/mol. The molecular weight excluding hydrogens is 299 g/mol. The number of halogens is 1. The molecule has 1 unspecified atom stereocenters. The zero-order chi connectivity index (χ0) is 16.2. The van der Waals surface area contributed by atoms with Crippen LogP contribution < -0.4 is 15.4 Å². The highest BCUT2D eigenvalue weighted by Gasteiger charge is 2.21. The van der Waals surface area contributed by atoms with Gasteiger partial charge in [-0.2, -0.15) is 5.10 Å². The molecule has 23 heavy (non-hydrogen) atoms. The Balaban J connectivity index is 1.57. The van der Waals surface area contributed by atoms with E-state index in [9.17, 15) is 9.18 Å². The molecule has 1 aromatic heterocycles. The fourth-order valence-corrected chi connectivity index (χ4v) is 2.53. The summed E-state index contributed by atoms with van der Waals surface area (Å²) in [4.78, 5) is 12.3. The molecule has 0 aliphatic carbocycles. The standard InChI is InChI=1S/C16H19FN4O2/c1-10(23-14-5-3-2-4-12(14)17)8-19-16(22)15-11-9-18-7-6-13(11)20-21-15/h2-5,10,18H,6-9H2,1H3,(H,19,22)(H,20,21). The van der Waals surface area contributed by atoms with E-state index in [-0.39, 0.29) is 24.3 Å². The number of H-pyrrole nitrogens is 1. The van der Waals surface area contributed by atoms with Gasteiger partial charge in [-0.15, -0.1) is 0 Å². The van der Waals surface area contributed by atoms with Crippen LogP contribution in [0.4, 0.5) is 4.39 Å². The molecule has 1 aromatic carbocycles. The van der Waals surface area contributed by atoms with Gasteiger partial charge in [-0.05, 0) is 19.1 Å². The molecule has 1 amide bonds. The van der Waals surface area contributed by atoms with E-state index in [1.54, 1.807) is 25.1 Å². The second kappa shape index (κ2) is 6.78. The molecule has 7 heteroatoms. The van der Waals surface area contributed by atoms with Crippen LogP contribution in [0.2, 0.25) is 0 Å². The lowest BCUT2D eigenvalue weighted by Crippen LogP contribution is -2.35. The Morgan fingerprint density at radius 1 is 1.48 bits per heavy atom. The highest BCUT2D eigenvalue weighted by atomic mass is 19.1. The van der Waals surface area contributed by atoms with Gasteiger partial charge in [0.15, 0.2) is 17.3 Å². The minimum Gasteiger partial charge on any atom is -0.486 e. The van der Waals surface area contributed by atoms with E-state index in [0.29, 0.717) is 12.2 Å². The fourth-order valence-electron chi connectivity index (χ4n) is 2.53. The second-order valence-electron chi connectivity index (χ2n) is 5.53. The lowest BCUT2D eigenvalue weighted by Gasteiger charge is -2.16. The summed E-state index contributed by atoms with van der Waals surface area (Å²) in [5, 5.41) is 13.0. The number of hydrogen-bond acceptors (Lipinski definition) is 4. The first-order chi connectivity index (χ1) is 11.1. The van der Waals surface area contributed by atoms with E-state index in [2.05, 4.69) is 20.8 Å². The lowest BCUT2D eigenvalue weighted by molar-refractivity contribution is 0.0925. The van der Waals surface area contributed by atoms with Crippen LogP contribution in [0, 0.1) is 5.82 Å². The van der Waals surface area contributed by atoms with Gasteiger partial charge < -0.3 is 15.4 Å². The van der Waals surface area contributed by atoms with Crippen LogP contribution in [-0.2, 0) is 13.0 Å². The average Bonchev–Trinajstić information content (AvgIpc) is 2.99. The molecule has 2 aromatic rings. The first kappa shape index (κ1) is 15.5. The molecular formula is C16H19FN4O2. The molecule has 0 bridgehead atoms. The highest BCUT2D eigenvalue weighted by molar-refractivity contribution is 5.94. The van der Waals surface area contributed by atoms with Crippen molar-refractivity contribution in [2.75, 3.05) is 13.1 Å². The Hall–Kier alpha value is -2.41. The number of aromatic nitrogens is 2. The minimum atomic E-state index is -0.418. The van der Waals surface area contributed by atoms with Crippen molar-refractivity contribution in [1.29, 1.82) is 0 Å². The zero-order valence-corrected chi connectivity index (χ0v) is 12.9. The van der Waals surface area contributed by atoms with Crippen molar-refractivity contribution in [3.63, 3.8) is 0 Å². The number of fused-ring (bicyclic) bond motifs is 1. The van der Waals surface area contributed by atoms with Crippen LogP contribution in [0.1, 0.15) is 28.7 Å². The van der Waals surface area contributed by atoms with Crippen molar-refractivity contribution >= 4 is 5.91 Å². The minimum absolute atomic E-state index is 0.176. The van der Waals surface area contributed by atoms with E-state index in [0.717, 1.165) is 24.2 Å². The largest absolute Gasteiger partial charge is 0.486 e. The van der Waals surface area contributed by atoms with Gasteiger partial charge in [-0.25, -0.2) is 4.39 Å². The average molecular weight is 318 g/mol. The van der Waals surface area contributed by atoms with Gasteiger partial charge in [0.05, 0.1) is 6.54 Å². The zero-order valence-electron chi connectivity index (χ0n) is 12.9. The lowest BCUT2D eigenvalue weighted by atomic mass is 10.1. The smallest absolute Gasteiger partial charge is 0.272 e. The normalized spacial score (nSPS) is 14.9. The van der Waals surface area contributed by atoms with Crippen molar-refractivity contribution in [3.8, 4) is 5.75 Å². The molecule has 2 heterocycles. The van der Waals surface area contributed by atoms with Crippen molar-refractivity contribution < 1.29 is 13.9 Å². The van der Waals surface area contributed by atoms with Gasteiger partial charge in [0.2, 0.25) is 0 Å². The van der Waals surface area contributed by atoms with E-state index >= 15 is 0 Å². The van der Waals surface area contributed by atoms with Crippen LogP contribution in [0.25, 0.3) is 0 Å². The number of rotatable bonds is 5. The fraction of sp³-hybridized carbons (Fsp3) is 0.375. The molecule has 1 aliphatic heterocycles. The Labute approximate surface area is 133 Å². The molecule has 0 fully saturated rings. The van der Waals surface area contributed by atoms with Crippen LogP contribution in [0.3, 0.4) is 0 Å². The number of nitrogens with zero attached hydrogens (tertiary/aromatic N) is 1. The molecule has 0 radical (unpaired) electrons. The van der Waals surface area contributed by atoms with Crippen LogP contribution in [0.15, 0.2) is 24.3 Å². The molecule has 6 nitrogen and oxygen atoms in total. The molecule has 0 saturated carbocycles. The summed E-state index contributed by atoms with van der Waals surface area (Å²) in [7, 11) is 0. The van der Waals surface area contributed by atoms with E-state index in [4.69, 9.17) is 4.74 Å². The molecule has 0 spiro atoms. The predicted octanol–water partition coefficient (Wildman–Crippen LogP) is 1.39. The Morgan fingerprint density at radius 3 is 3.13 bits per heavy atom. The number of carbonyl (C=O) groups is 1. The number of ether oxygens (including phenoxy) is 1. The molecule has 1 aliphatic rings. The maximum atomic E-state index is 13.5. The van der Waals surface area contributed by atoms with E-state index < -0.39 is 5.82 Å². The Morgan fingerprint density at radius 2 is 2.30 bits per heavy atom. The predicted molar refractivity (Wildman–Crippen MR) is 82.8 cm³/mol. The van der Waals surface area contributed by atoms with Crippen LogP contribution in [-0.4, -0.2) is 35.3 Å². The quantitative estimate of drug-likeness (QED) is 0.778. The van der Waals surface area contributed by atoms with E-state index in [1.165, 1.54) is 6.07 Å². The number of para-hydroxylation sites is 1. The first-order valence-corrected chi connectivity index (χ1v) is 7.61. The second-order valence-corrected chi connectivity index (χ2v) is 5.53. The number of hydrogen-bond donors (Lipinski definition) is 3. The number of aromatic amines is 1. The Bertz CT molecular complexity index is 701. The maximum absolute atomic E-state index is 13.5. The molecule has 122 valence electrons. The molecule has 3 N–H and O–H groups in total. The Kier molecular flexibility index (Phi) is 4.57. The number of amides is 1. The third kappa shape index (κ3) is 3.50. The van der Waals surface area contributed by atoms with Gasteiger partial charge in [0, 0.05) is 30.8 Å². The van der Waals surface area contributed by atoms with Crippen molar-refractivity contribution in [2.45, 2.75) is 26.0 Å². The number of benzene rings is 1. The van der Waals surface area contributed by atoms with Gasteiger partial charge in [-0.1, -0.05) is 12.1 Å². The van der Waals surface area contributed by atoms with Gasteiger partial charge in [0.1, 0.15) is 6.10 Å². The first-order valence-electron chi connectivity index (χ1n) is 7.61. The summed E-state index contributed by atoms with van der Waals surface area (Å²) in [6, 6.07) is 6.20. The van der Waals surface area contributed by atoms with Gasteiger partial charge in [0.25, 0.3) is 5.91 Å². The van der Waals surface area contributed by atoms with Crippen molar-refractivity contribution in [1.82, 2.24) is 20.8 Å². The van der Waals surface area contributed by atoms with Crippen molar-refractivity contribution in [2.24, 2.45) is 0 Å². The SMILES string of the molecule is CC(CNC(=O)c1n[nH]c2c1CNCC2)Oc1ccccc1F. The highest BCUT2D eigenvalue weighted by Crippen LogP contribution is 2.17. The summed E-state index contributed by atoms with van der Waals surface area (Å²) in [5.74, 6) is -0.496. The van der Waals surface area contributed by atoms with Crippen LogP contribution in [0.5, 0.6) is 5.75 Å². The van der Waals surface area contributed by atoms with Gasteiger partial charge in [-0.3, -0.25) is 9.89 Å². The summed E-state index contributed by atoms with van der Waals surface area (Å²) in [6.07, 6.45) is 0.478. The summed E-state index contributed by atoms with van der Waals surface area (Å²) < 4.78 is 19.0. The molecule has 1 atom stereocenters. The van der Waals surface area contributed by atoms with Crippen LogP contribution >= 0.6 is 0 Å². The maximum Gasteiger partial charge on any atom is 0.272 e. The summed E-state index contributed by atoms with van der Waals surface area (Å²) >= 11 is 0. The molecule has 3 rings (SSSR count). The van der Waals surface area contributed by atoms with E-state index in [1.807, 2.05) is 0 Å². The number of nitrogens with one attached hydrogen (secondary N) is 3.